The number of aliphatic carboxylic acids is 1. The maximum Gasteiger partial charge on any atom is 0.331 e. The van der Waals surface area contributed by atoms with E-state index < -0.39 is 23.7 Å². The monoisotopic (exact) mass is 342 g/mol. The van der Waals surface area contributed by atoms with Crippen molar-refractivity contribution in [3.63, 3.8) is 0 Å². The van der Waals surface area contributed by atoms with Gasteiger partial charge in [0.1, 0.15) is 0 Å². The van der Waals surface area contributed by atoms with E-state index in [4.69, 9.17) is 10.8 Å². The standard InChI is InChI=1S/C14H11NO4.C4H7NO/c1-9(14(18)19)7-10-8-12(16)15(13(10)17)11-5-3-2-4-6-11;1-3(2)4(5)6/h2-8H,1H3,(H,18,19);1H2,2H3,(H2,5,6). The van der Waals surface area contributed by atoms with Crippen molar-refractivity contribution in [1.82, 2.24) is 0 Å². The van der Waals surface area contributed by atoms with Crippen LogP contribution in [-0.4, -0.2) is 28.8 Å². The number of rotatable bonds is 4. The van der Waals surface area contributed by atoms with Gasteiger partial charge >= 0.3 is 5.97 Å². The number of nitrogens with two attached hydrogens (primary N) is 1. The summed E-state index contributed by atoms with van der Waals surface area (Å²) in [7, 11) is 0. The third kappa shape index (κ3) is 5.28. The van der Waals surface area contributed by atoms with Crippen molar-refractivity contribution in [2.75, 3.05) is 4.90 Å². The second kappa shape index (κ2) is 8.39. The van der Waals surface area contributed by atoms with Crippen LogP contribution in [0.1, 0.15) is 13.8 Å². The van der Waals surface area contributed by atoms with Crippen LogP contribution < -0.4 is 10.6 Å². The third-order valence-electron chi connectivity index (χ3n) is 3.09. The molecule has 1 aliphatic heterocycles. The Hall–Kier alpha value is -3.48. The zero-order chi connectivity index (χ0) is 19.1. The Bertz CT molecular complexity index is 779. The van der Waals surface area contributed by atoms with E-state index in [1.54, 1.807) is 37.3 Å². The lowest BCUT2D eigenvalue weighted by Crippen LogP contribution is -2.30. The Kier molecular flexibility index (Phi) is 6.57. The predicted octanol–water partition coefficient (Wildman–Crippen LogP) is 1.56. The van der Waals surface area contributed by atoms with Gasteiger partial charge in [0.25, 0.3) is 11.8 Å². The zero-order valence-electron chi connectivity index (χ0n) is 13.9. The Morgan fingerprint density at radius 2 is 1.68 bits per heavy atom. The molecule has 0 spiro atoms. The SMILES string of the molecule is C=C(C)C(N)=O.CC(=CC1=CC(=O)N(c2ccccc2)C1=O)C(=O)O. The van der Waals surface area contributed by atoms with Gasteiger partial charge in [-0.25, -0.2) is 9.69 Å². The summed E-state index contributed by atoms with van der Waals surface area (Å²) in [6, 6.07) is 8.48. The quantitative estimate of drug-likeness (QED) is 0.636. The van der Waals surface area contributed by atoms with Crippen LogP contribution in [-0.2, 0) is 19.2 Å². The molecule has 1 aliphatic rings. The highest BCUT2D eigenvalue weighted by atomic mass is 16.4. The van der Waals surface area contributed by atoms with E-state index in [-0.39, 0.29) is 11.1 Å². The molecule has 0 atom stereocenters. The molecular weight excluding hydrogens is 324 g/mol. The molecule has 3 amide bonds. The molecule has 1 heterocycles. The van der Waals surface area contributed by atoms with Crippen LogP contribution in [0.4, 0.5) is 5.69 Å². The van der Waals surface area contributed by atoms with Crippen molar-refractivity contribution in [3.05, 3.63) is 65.8 Å². The van der Waals surface area contributed by atoms with Crippen molar-refractivity contribution < 1.29 is 24.3 Å². The lowest BCUT2D eigenvalue weighted by molar-refractivity contribution is -0.132. The maximum atomic E-state index is 12.1. The molecule has 3 N–H and O–H groups in total. The summed E-state index contributed by atoms with van der Waals surface area (Å²) in [6.45, 7) is 6.22. The first-order chi connectivity index (χ1) is 11.6. The smallest absolute Gasteiger partial charge is 0.331 e. The van der Waals surface area contributed by atoms with Gasteiger partial charge in [-0.05, 0) is 32.1 Å². The van der Waals surface area contributed by atoms with Gasteiger partial charge in [0, 0.05) is 22.8 Å². The van der Waals surface area contributed by atoms with Crippen molar-refractivity contribution in [1.29, 1.82) is 0 Å². The fraction of sp³-hybridized carbons (Fsp3) is 0.111. The number of anilines is 1. The number of hydrogen-bond acceptors (Lipinski definition) is 4. The van der Waals surface area contributed by atoms with E-state index in [9.17, 15) is 19.2 Å². The van der Waals surface area contributed by atoms with Gasteiger partial charge in [-0.1, -0.05) is 24.8 Å². The van der Waals surface area contributed by atoms with Crippen LogP contribution in [0.3, 0.4) is 0 Å². The summed E-state index contributed by atoms with van der Waals surface area (Å²) in [4.78, 5) is 45.4. The summed E-state index contributed by atoms with van der Waals surface area (Å²) >= 11 is 0. The van der Waals surface area contributed by atoms with Gasteiger partial charge < -0.3 is 10.8 Å². The topological polar surface area (TPSA) is 118 Å². The fourth-order valence-corrected chi connectivity index (χ4v) is 1.71. The van der Waals surface area contributed by atoms with Gasteiger partial charge in [-0.2, -0.15) is 0 Å². The third-order valence-corrected chi connectivity index (χ3v) is 3.09. The number of hydrogen-bond donors (Lipinski definition) is 2. The van der Waals surface area contributed by atoms with E-state index >= 15 is 0 Å². The molecule has 1 aromatic carbocycles. The number of para-hydroxylation sites is 1. The Morgan fingerprint density at radius 3 is 2.12 bits per heavy atom. The molecule has 0 aliphatic carbocycles. The van der Waals surface area contributed by atoms with Gasteiger partial charge in [0.05, 0.1) is 5.69 Å². The minimum atomic E-state index is -1.13. The summed E-state index contributed by atoms with van der Waals surface area (Å²) in [5.41, 5.74) is 5.64. The van der Waals surface area contributed by atoms with Gasteiger partial charge in [0.15, 0.2) is 0 Å². The molecule has 0 saturated heterocycles. The predicted molar refractivity (Wildman–Crippen MR) is 92.4 cm³/mol. The van der Waals surface area contributed by atoms with Crippen molar-refractivity contribution in [3.8, 4) is 0 Å². The molecule has 1 aromatic rings. The molecule has 0 saturated carbocycles. The number of carboxylic acid groups (broad SMARTS) is 1. The highest BCUT2D eigenvalue weighted by Crippen LogP contribution is 2.23. The summed E-state index contributed by atoms with van der Waals surface area (Å²) < 4.78 is 0. The average Bonchev–Trinajstić information content (AvgIpc) is 2.82. The summed E-state index contributed by atoms with van der Waals surface area (Å²) in [5.74, 6) is -2.55. The Balaban J connectivity index is 0.000000450. The zero-order valence-corrected chi connectivity index (χ0v) is 13.9. The molecule has 0 aromatic heterocycles. The first-order valence-electron chi connectivity index (χ1n) is 7.17. The van der Waals surface area contributed by atoms with Crippen molar-refractivity contribution >= 4 is 29.4 Å². The number of imide groups is 1. The average molecular weight is 342 g/mol. The highest BCUT2D eigenvalue weighted by Gasteiger charge is 2.31. The molecule has 7 heteroatoms. The van der Waals surface area contributed by atoms with E-state index in [1.807, 2.05) is 0 Å². The van der Waals surface area contributed by atoms with Gasteiger partial charge in [-0.15, -0.1) is 0 Å². The number of carboxylic acids is 1. The van der Waals surface area contributed by atoms with Crippen molar-refractivity contribution in [2.45, 2.75) is 13.8 Å². The van der Waals surface area contributed by atoms with Crippen LogP contribution in [0.2, 0.25) is 0 Å². The second-order valence-electron chi connectivity index (χ2n) is 5.19. The van der Waals surface area contributed by atoms with Gasteiger partial charge in [0.2, 0.25) is 5.91 Å². The Labute approximate surface area is 144 Å². The number of amides is 3. The molecule has 0 unspecified atom stereocenters. The molecule has 0 radical (unpaired) electrons. The largest absolute Gasteiger partial charge is 0.478 e. The van der Waals surface area contributed by atoms with Crippen LogP contribution in [0.25, 0.3) is 0 Å². The normalized spacial score (nSPS) is 13.8. The lowest BCUT2D eigenvalue weighted by Gasteiger charge is -2.13. The minimum absolute atomic E-state index is 0.00214. The molecule has 2 rings (SSSR count). The first kappa shape index (κ1) is 19.6. The van der Waals surface area contributed by atoms with E-state index in [2.05, 4.69) is 6.58 Å². The first-order valence-corrected chi connectivity index (χ1v) is 7.17. The molecule has 25 heavy (non-hydrogen) atoms. The molecule has 0 bridgehead atoms. The van der Waals surface area contributed by atoms with Crippen LogP contribution >= 0.6 is 0 Å². The second-order valence-corrected chi connectivity index (χ2v) is 5.19. The van der Waals surface area contributed by atoms with E-state index in [0.717, 1.165) is 11.0 Å². The van der Waals surface area contributed by atoms with E-state index in [1.165, 1.54) is 13.0 Å². The fourth-order valence-electron chi connectivity index (χ4n) is 1.71. The van der Waals surface area contributed by atoms with Gasteiger partial charge in [-0.3, -0.25) is 14.4 Å². The summed E-state index contributed by atoms with van der Waals surface area (Å²) in [6.07, 6.45) is 2.34. The molecule has 0 fully saturated rings. The number of carbonyl (C=O) groups is 4. The molecule has 7 nitrogen and oxygen atoms in total. The van der Waals surface area contributed by atoms with Crippen molar-refractivity contribution in [2.24, 2.45) is 5.73 Å². The molecule has 130 valence electrons. The minimum Gasteiger partial charge on any atom is -0.478 e. The lowest BCUT2D eigenvalue weighted by atomic mass is 10.1. The number of benzene rings is 1. The summed E-state index contributed by atoms with van der Waals surface area (Å²) in [5, 5.41) is 8.77. The Morgan fingerprint density at radius 1 is 1.16 bits per heavy atom. The van der Waals surface area contributed by atoms with Crippen LogP contribution in [0.15, 0.2) is 65.8 Å². The van der Waals surface area contributed by atoms with E-state index in [0.29, 0.717) is 11.3 Å². The van der Waals surface area contributed by atoms with Crippen LogP contribution in [0, 0.1) is 0 Å². The van der Waals surface area contributed by atoms with Crippen LogP contribution in [0.5, 0.6) is 0 Å². The number of carbonyl (C=O) groups excluding carboxylic acids is 3. The number of nitrogens with zero attached hydrogens (tertiary/aromatic N) is 1. The maximum absolute atomic E-state index is 12.1. The number of primary amides is 1. The highest BCUT2D eigenvalue weighted by molar-refractivity contribution is 6.31. The molecular formula is C18H18N2O5.